The van der Waals surface area contributed by atoms with E-state index in [9.17, 15) is 14.4 Å². The second-order valence-electron chi connectivity index (χ2n) is 5.06. The van der Waals surface area contributed by atoms with Gasteiger partial charge in [0.05, 0.1) is 17.0 Å². The van der Waals surface area contributed by atoms with Gasteiger partial charge in [-0.05, 0) is 24.3 Å². The van der Waals surface area contributed by atoms with E-state index in [-0.39, 0.29) is 12.5 Å². The minimum atomic E-state index is -0.401. The highest BCUT2D eigenvalue weighted by molar-refractivity contribution is 5.81. The third kappa shape index (κ3) is 3.23. The minimum absolute atomic E-state index is 0.239. The molecule has 118 valence electrons. The zero-order chi connectivity index (χ0) is 16.2. The molecule has 0 fully saturated rings. The smallest absolute Gasteiger partial charge is 0.273 e. The largest absolute Gasteiger partial charge is 0.469 e. The van der Waals surface area contributed by atoms with Crippen molar-refractivity contribution < 1.29 is 9.21 Å². The first-order valence-corrected chi connectivity index (χ1v) is 7.16. The zero-order valence-electron chi connectivity index (χ0n) is 12.2. The lowest BCUT2D eigenvalue weighted by Gasteiger charge is -2.07. The third-order valence-corrected chi connectivity index (χ3v) is 3.46. The highest BCUT2D eigenvalue weighted by Crippen LogP contribution is 2.02. The number of carbonyl (C=O) groups is 1. The van der Waals surface area contributed by atoms with Crippen LogP contribution in [-0.2, 0) is 17.8 Å². The second-order valence-corrected chi connectivity index (χ2v) is 5.06. The van der Waals surface area contributed by atoms with Gasteiger partial charge in [-0.1, -0.05) is 12.1 Å². The predicted octanol–water partition coefficient (Wildman–Crippen LogP) is 0.642. The lowest BCUT2D eigenvalue weighted by molar-refractivity contribution is -0.121. The fourth-order valence-electron chi connectivity index (χ4n) is 2.34. The Kier molecular flexibility index (Phi) is 4.09. The molecule has 0 unspecified atom stereocenters. The average Bonchev–Trinajstić information content (AvgIpc) is 3.06. The summed E-state index contributed by atoms with van der Waals surface area (Å²) in [5.41, 5.74) is -0.801. The van der Waals surface area contributed by atoms with Gasteiger partial charge in [-0.25, -0.2) is 4.68 Å². The highest BCUT2D eigenvalue weighted by atomic mass is 16.3. The van der Waals surface area contributed by atoms with Gasteiger partial charge in [-0.3, -0.25) is 19.5 Å². The fraction of sp³-hybridized carbons (Fsp3) is 0.188. The van der Waals surface area contributed by atoms with E-state index in [0.29, 0.717) is 23.7 Å². The van der Waals surface area contributed by atoms with Gasteiger partial charge < -0.3 is 9.73 Å². The van der Waals surface area contributed by atoms with E-state index in [1.165, 1.54) is 0 Å². The van der Waals surface area contributed by atoms with E-state index in [4.69, 9.17) is 4.42 Å². The molecular formula is C16H15N3O4. The van der Waals surface area contributed by atoms with Crippen LogP contribution in [0.2, 0.25) is 0 Å². The Morgan fingerprint density at radius 2 is 1.91 bits per heavy atom. The number of H-pyrrole nitrogens is 1. The summed E-state index contributed by atoms with van der Waals surface area (Å²) in [6.45, 7) is 0.149. The van der Waals surface area contributed by atoms with Crippen LogP contribution >= 0.6 is 0 Å². The number of nitrogens with one attached hydrogen (secondary N) is 2. The molecule has 7 heteroatoms. The van der Waals surface area contributed by atoms with Gasteiger partial charge >= 0.3 is 0 Å². The van der Waals surface area contributed by atoms with Crippen molar-refractivity contribution in [2.45, 2.75) is 13.0 Å². The summed E-state index contributed by atoms with van der Waals surface area (Å²) in [4.78, 5) is 36.1. The van der Waals surface area contributed by atoms with E-state index in [2.05, 4.69) is 10.4 Å². The molecule has 1 amide bonds. The fourth-order valence-corrected chi connectivity index (χ4v) is 2.34. The Bertz CT molecular complexity index is 938. The summed E-state index contributed by atoms with van der Waals surface area (Å²) >= 11 is 0. The molecule has 0 aliphatic heterocycles. The highest BCUT2D eigenvalue weighted by Gasteiger charge is 2.09. The van der Waals surface area contributed by atoms with Crippen molar-refractivity contribution in [3.05, 3.63) is 69.1 Å². The number of aromatic amines is 1. The van der Waals surface area contributed by atoms with E-state index < -0.39 is 11.1 Å². The summed E-state index contributed by atoms with van der Waals surface area (Å²) in [5, 5.41) is 5.71. The molecule has 0 radical (unpaired) electrons. The number of carbonyl (C=O) groups excluding carboxylic acids is 1. The molecule has 3 aromatic rings. The molecule has 2 N–H and O–H groups in total. The van der Waals surface area contributed by atoms with Crippen LogP contribution in [0, 0.1) is 0 Å². The Morgan fingerprint density at radius 3 is 2.65 bits per heavy atom. The van der Waals surface area contributed by atoms with E-state index in [1.54, 1.807) is 36.6 Å². The number of amides is 1. The van der Waals surface area contributed by atoms with Crippen LogP contribution in [0.15, 0.2) is 56.7 Å². The first-order chi connectivity index (χ1) is 11.1. The molecule has 0 aliphatic rings. The standard InChI is InChI=1S/C16H15N3O4/c20-14(17-8-7-11-4-3-9-23-11)10-19-16(22)13-6-2-1-5-12(13)15(21)18-19/h1-6,9H,7-8,10H2,(H,17,20)(H,18,21). The predicted molar refractivity (Wildman–Crippen MR) is 84.3 cm³/mol. The first-order valence-electron chi connectivity index (χ1n) is 7.16. The van der Waals surface area contributed by atoms with Crippen molar-refractivity contribution in [2.75, 3.05) is 6.54 Å². The first kappa shape index (κ1) is 14.8. The number of aromatic nitrogens is 2. The number of rotatable bonds is 5. The normalized spacial score (nSPS) is 10.8. The van der Waals surface area contributed by atoms with Crippen molar-refractivity contribution >= 4 is 16.7 Å². The van der Waals surface area contributed by atoms with Crippen molar-refractivity contribution in [3.8, 4) is 0 Å². The quantitative estimate of drug-likeness (QED) is 0.722. The van der Waals surface area contributed by atoms with Gasteiger partial charge in [-0.15, -0.1) is 0 Å². The number of nitrogens with zero attached hydrogens (tertiary/aromatic N) is 1. The van der Waals surface area contributed by atoms with Gasteiger partial charge in [0.15, 0.2) is 0 Å². The van der Waals surface area contributed by atoms with Crippen LogP contribution in [0.25, 0.3) is 10.8 Å². The van der Waals surface area contributed by atoms with Gasteiger partial charge in [-0.2, -0.15) is 0 Å². The average molecular weight is 313 g/mol. The molecule has 7 nitrogen and oxygen atoms in total. The van der Waals surface area contributed by atoms with Crippen LogP contribution < -0.4 is 16.4 Å². The van der Waals surface area contributed by atoms with Crippen molar-refractivity contribution in [2.24, 2.45) is 0 Å². The Morgan fingerprint density at radius 1 is 1.13 bits per heavy atom. The number of hydrogen-bond acceptors (Lipinski definition) is 4. The Labute approximate surface area is 130 Å². The molecular weight excluding hydrogens is 298 g/mol. The Hall–Kier alpha value is -3.09. The summed E-state index contributed by atoms with van der Waals surface area (Å²) in [6.07, 6.45) is 2.12. The van der Waals surface area contributed by atoms with E-state index in [0.717, 1.165) is 10.4 Å². The van der Waals surface area contributed by atoms with Gasteiger partial charge in [0.25, 0.3) is 11.1 Å². The lowest BCUT2D eigenvalue weighted by Crippen LogP contribution is -2.37. The zero-order valence-corrected chi connectivity index (χ0v) is 12.2. The summed E-state index contributed by atoms with van der Waals surface area (Å²) in [7, 11) is 0. The van der Waals surface area contributed by atoms with E-state index in [1.807, 2.05) is 6.07 Å². The molecule has 0 saturated carbocycles. The molecule has 2 heterocycles. The molecule has 0 bridgehead atoms. The Balaban J connectivity index is 1.71. The molecule has 3 rings (SSSR count). The van der Waals surface area contributed by atoms with Crippen LogP contribution in [0.3, 0.4) is 0 Å². The van der Waals surface area contributed by atoms with Gasteiger partial charge in [0, 0.05) is 13.0 Å². The van der Waals surface area contributed by atoms with Crippen LogP contribution in [0.5, 0.6) is 0 Å². The lowest BCUT2D eigenvalue weighted by atomic mass is 10.2. The number of benzene rings is 1. The maximum absolute atomic E-state index is 12.3. The van der Waals surface area contributed by atoms with Gasteiger partial charge in [0.1, 0.15) is 12.3 Å². The summed E-state index contributed by atoms with van der Waals surface area (Å²) in [6, 6.07) is 10.1. The third-order valence-electron chi connectivity index (χ3n) is 3.46. The van der Waals surface area contributed by atoms with Gasteiger partial charge in [0.2, 0.25) is 5.91 Å². The molecule has 0 atom stereocenters. The number of furan rings is 1. The van der Waals surface area contributed by atoms with Crippen LogP contribution in [0.4, 0.5) is 0 Å². The molecule has 0 spiro atoms. The molecule has 0 aliphatic carbocycles. The maximum atomic E-state index is 12.3. The van der Waals surface area contributed by atoms with Crippen molar-refractivity contribution in [1.29, 1.82) is 0 Å². The number of fused-ring (bicyclic) bond motifs is 1. The molecule has 2 aromatic heterocycles. The van der Waals surface area contributed by atoms with E-state index >= 15 is 0 Å². The summed E-state index contributed by atoms with van der Waals surface area (Å²) in [5.74, 6) is 0.408. The summed E-state index contributed by atoms with van der Waals surface area (Å²) < 4.78 is 6.18. The molecule has 23 heavy (non-hydrogen) atoms. The number of hydrogen-bond donors (Lipinski definition) is 2. The minimum Gasteiger partial charge on any atom is -0.469 e. The monoisotopic (exact) mass is 313 g/mol. The topological polar surface area (TPSA) is 97.1 Å². The van der Waals surface area contributed by atoms with Crippen molar-refractivity contribution in [3.63, 3.8) is 0 Å². The van der Waals surface area contributed by atoms with Crippen LogP contribution in [-0.4, -0.2) is 22.2 Å². The van der Waals surface area contributed by atoms with Crippen LogP contribution in [0.1, 0.15) is 5.76 Å². The second kappa shape index (κ2) is 6.35. The maximum Gasteiger partial charge on any atom is 0.273 e. The SMILES string of the molecule is O=C(Cn1[nH]c(=O)c2ccccc2c1=O)NCCc1ccco1. The molecule has 1 aromatic carbocycles. The molecule has 0 saturated heterocycles. The van der Waals surface area contributed by atoms with Crippen molar-refractivity contribution in [1.82, 2.24) is 15.1 Å².